The molecule has 0 aromatic heterocycles. The lowest BCUT2D eigenvalue weighted by Crippen LogP contribution is -2.49. The van der Waals surface area contributed by atoms with Gasteiger partial charge in [-0.1, -0.05) is 12.1 Å². The quantitative estimate of drug-likeness (QED) is 0.588. The van der Waals surface area contributed by atoms with E-state index in [0.29, 0.717) is 25.4 Å². The Kier molecular flexibility index (Phi) is 2.49. The molecule has 6 nitrogen and oxygen atoms in total. The second kappa shape index (κ2) is 3.93. The number of benzene rings is 1. The van der Waals surface area contributed by atoms with Gasteiger partial charge in [-0.3, -0.25) is 10.1 Å². The summed E-state index contributed by atoms with van der Waals surface area (Å²) in [6.07, 6.45) is -0.0106. The molecule has 0 radical (unpaired) electrons. The van der Waals surface area contributed by atoms with Crippen LogP contribution in [0.2, 0.25) is 0 Å². The maximum absolute atomic E-state index is 11.0. The summed E-state index contributed by atoms with van der Waals surface area (Å²) in [4.78, 5) is 12.7. The number of nitro groups is 1. The van der Waals surface area contributed by atoms with Crippen molar-refractivity contribution in [3.8, 4) is 0 Å². The average molecular weight is 250 g/mol. The van der Waals surface area contributed by atoms with E-state index in [2.05, 4.69) is 0 Å². The molecule has 0 spiro atoms. The van der Waals surface area contributed by atoms with Gasteiger partial charge in [-0.05, 0) is 13.0 Å². The van der Waals surface area contributed by atoms with Crippen LogP contribution in [0.25, 0.3) is 0 Å². The van der Waals surface area contributed by atoms with Gasteiger partial charge in [0.1, 0.15) is 11.8 Å². The van der Waals surface area contributed by atoms with E-state index in [4.69, 9.17) is 9.47 Å². The summed E-state index contributed by atoms with van der Waals surface area (Å²) in [5, 5.41) is 11.0. The van der Waals surface area contributed by atoms with Crippen molar-refractivity contribution in [1.29, 1.82) is 0 Å². The molecule has 6 heteroatoms. The summed E-state index contributed by atoms with van der Waals surface area (Å²) in [5.41, 5.74) is 0.759. The maximum atomic E-state index is 11.0. The first-order valence-electron chi connectivity index (χ1n) is 5.87. The molecule has 18 heavy (non-hydrogen) atoms. The molecule has 2 heterocycles. The van der Waals surface area contributed by atoms with E-state index in [1.165, 1.54) is 6.07 Å². The van der Waals surface area contributed by atoms with Crippen LogP contribution in [0.3, 0.4) is 0 Å². The van der Waals surface area contributed by atoms with Gasteiger partial charge < -0.3 is 14.4 Å². The Morgan fingerprint density at radius 1 is 1.50 bits per heavy atom. The number of nitrogens with zero attached hydrogens (tertiary/aromatic N) is 2. The minimum Gasteiger partial charge on any atom is -0.358 e. The van der Waals surface area contributed by atoms with E-state index in [0.717, 1.165) is 0 Å². The van der Waals surface area contributed by atoms with Crippen molar-refractivity contribution >= 4 is 11.4 Å². The zero-order chi connectivity index (χ0) is 12.8. The van der Waals surface area contributed by atoms with Crippen LogP contribution < -0.4 is 4.90 Å². The van der Waals surface area contributed by atoms with Crippen molar-refractivity contribution in [2.24, 2.45) is 0 Å². The number of rotatable bonds is 2. The molecule has 1 aromatic carbocycles. The Bertz CT molecular complexity index is 493. The molecule has 2 fully saturated rings. The molecule has 0 unspecified atom stereocenters. The third-order valence-electron chi connectivity index (χ3n) is 3.31. The van der Waals surface area contributed by atoms with Crippen LogP contribution in [0.15, 0.2) is 24.3 Å². The van der Waals surface area contributed by atoms with E-state index in [9.17, 15) is 10.1 Å². The Hall–Kier alpha value is -1.66. The van der Waals surface area contributed by atoms with Gasteiger partial charge in [0.25, 0.3) is 5.69 Å². The number of fused-ring (bicyclic) bond motifs is 2. The monoisotopic (exact) mass is 250 g/mol. The first-order valence-corrected chi connectivity index (χ1v) is 5.87. The Labute approximate surface area is 104 Å². The van der Waals surface area contributed by atoms with Gasteiger partial charge in [0.15, 0.2) is 5.79 Å². The molecule has 2 bridgehead atoms. The van der Waals surface area contributed by atoms with E-state index < -0.39 is 5.79 Å². The first-order chi connectivity index (χ1) is 8.57. The zero-order valence-electron chi connectivity index (χ0n) is 10.0. The SMILES string of the molecule is C[C@]12CN(c3ccccc3[N+](=O)[O-])C[C@@H](CO1)O2. The minimum atomic E-state index is -0.646. The molecule has 2 saturated heterocycles. The van der Waals surface area contributed by atoms with Crippen molar-refractivity contribution in [3.05, 3.63) is 34.4 Å². The number of hydrogen-bond acceptors (Lipinski definition) is 5. The van der Waals surface area contributed by atoms with Gasteiger partial charge in [0.2, 0.25) is 0 Å². The number of anilines is 1. The van der Waals surface area contributed by atoms with Gasteiger partial charge in [-0.2, -0.15) is 0 Å². The van der Waals surface area contributed by atoms with Crippen molar-refractivity contribution in [3.63, 3.8) is 0 Å². The molecular formula is C12H14N2O4. The van der Waals surface area contributed by atoms with Crippen LogP contribution in [0.1, 0.15) is 6.92 Å². The molecule has 2 aliphatic heterocycles. The van der Waals surface area contributed by atoms with Crippen molar-refractivity contribution in [2.45, 2.75) is 18.8 Å². The van der Waals surface area contributed by atoms with Gasteiger partial charge in [0, 0.05) is 12.6 Å². The highest BCUT2D eigenvalue weighted by Crippen LogP contribution is 2.36. The summed E-state index contributed by atoms with van der Waals surface area (Å²) in [7, 11) is 0. The second-order valence-corrected chi connectivity index (χ2v) is 4.81. The highest BCUT2D eigenvalue weighted by molar-refractivity contribution is 5.63. The highest BCUT2D eigenvalue weighted by Gasteiger charge is 2.45. The molecule has 96 valence electrons. The fourth-order valence-corrected chi connectivity index (χ4v) is 2.59. The van der Waals surface area contributed by atoms with E-state index >= 15 is 0 Å². The van der Waals surface area contributed by atoms with Gasteiger partial charge in [-0.15, -0.1) is 0 Å². The van der Waals surface area contributed by atoms with Crippen LogP contribution in [-0.2, 0) is 9.47 Å². The van der Waals surface area contributed by atoms with Crippen molar-refractivity contribution < 1.29 is 14.4 Å². The smallest absolute Gasteiger partial charge is 0.292 e. The Morgan fingerprint density at radius 3 is 3.00 bits per heavy atom. The van der Waals surface area contributed by atoms with E-state index in [1.54, 1.807) is 12.1 Å². The molecule has 0 aliphatic carbocycles. The normalized spacial score (nSPS) is 30.5. The lowest BCUT2D eigenvalue weighted by atomic mass is 10.1. The molecule has 0 N–H and O–H groups in total. The van der Waals surface area contributed by atoms with Crippen LogP contribution in [0.4, 0.5) is 11.4 Å². The van der Waals surface area contributed by atoms with Crippen LogP contribution in [-0.4, -0.2) is 36.5 Å². The van der Waals surface area contributed by atoms with Crippen molar-refractivity contribution in [2.75, 3.05) is 24.6 Å². The number of morpholine rings is 1. The van der Waals surface area contributed by atoms with Crippen molar-refractivity contribution in [1.82, 2.24) is 0 Å². The van der Waals surface area contributed by atoms with Gasteiger partial charge in [-0.25, -0.2) is 0 Å². The molecule has 3 rings (SSSR count). The minimum absolute atomic E-state index is 0.0106. The molecule has 2 atom stereocenters. The Balaban J connectivity index is 1.94. The lowest BCUT2D eigenvalue weighted by molar-refractivity contribution is -0.384. The predicted octanol–water partition coefficient (Wildman–Crippen LogP) is 1.55. The van der Waals surface area contributed by atoms with Crippen LogP contribution in [0.5, 0.6) is 0 Å². The van der Waals surface area contributed by atoms with E-state index in [1.807, 2.05) is 17.9 Å². The lowest BCUT2D eigenvalue weighted by Gasteiger charge is -2.37. The van der Waals surface area contributed by atoms with E-state index in [-0.39, 0.29) is 16.7 Å². The summed E-state index contributed by atoms with van der Waals surface area (Å²) < 4.78 is 11.3. The first kappa shape index (κ1) is 11.4. The largest absolute Gasteiger partial charge is 0.358 e. The standard InChI is InChI=1S/C12H14N2O4/c1-12-8-13(6-9(18-12)7-17-12)10-4-2-3-5-11(10)14(15)16/h2-5,9H,6-8H2,1H3/t9-,12-/m0/s1. The summed E-state index contributed by atoms with van der Waals surface area (Å²) in [6, 6.07) is 6.78. The number of ether oxygens (including phenoxy) is 2. The summed E-state index contributed by atoms with van der Waals surface area (Å²) in [5.74, 6) is -0.646. The van der Waals surface area contributed by atoms with Gasteiger partial charge >= 0.3 is 0 Å². The molecule has 0 saturated carbocycles. The third-order valence-corrected chi connectivity index (χ3v) is 3.31. The fraction of sp³-hybridized carbons (Fsp3) is 0.500. The fourth-order valence-electron chi connectivity index (χ4n) is 2.59. The molecule has 1 aromatic rings. The zero-order valence-corrected chi connectivity index (χ0v) is 10.0. The van der Waals surface area contributed by atoms with Crippen LogP contribution >= 0.6 is 0 Å². The second-order valence-electron chi connectivity index (χ2n) is 4.81. The van der Waals surface area contributed by atoms with Crippen LogP contribution in [0, 0.1) is 10.1 Å². The topological polar surface area (TPSA) is 64.8 Å². The van der Waals surface area contributed by atoms with Gasteiger partial charge in [0.05, 0.1) is 18.1 Å². The Morgan fingerprint density at radius 2 is 2.28 bits per heavy atom. The summed E-state index contributed by atoms with van der Waals surface area (Å²) >= 11 is 0. The summed E-state index contributed by atoms with van der Waals surface area (Å²) in [6.45, 7) is 3.55. The predicted molar refractivity (Wildman–Crippen MR) is 64.5 cm³/mol. The number of para-hydroxylation sites is 2. The molecule has 2 aliphatic rings. The molecular weight excluding hydrogens is 236 g/mol. The highest BCUT2D eigenvalue weighted by atomic mass is 16.7. The number of nitro benzene ring substituents is 1. The molecule has 0 amide bonds. The maximum Gasteiger partial charge on any atom is 0.292 e. The number of hydrogen-bond donors (Lipinski definition) is 0. The third kappa shape index (κ3) is 1.83. The average Bonchev–Trinajstić information content (AvgIpc) is 2.62.